The molecule has 7 nitrogen and oxygen atoms in total. The highest BCUT2D eigenvalue weighted by molar-refractivity contribution is 7.99. The number of benzene rings is 1. The van der Waals surface area contributed by atoms with Crippen LogP contribution in [-0.2, 0) is 9.47 Å². The number of carbonyl (C=O) groups excluding carboxylic acids is 2. The normalized spacial score (nSPS) is 28.5. The van der Waals surface area contributed by atoms with E-state index in [4.69, 9.17) is 9.47 Å². The molecule has 6 rings (SSSR count). The minimum absolute atomic E-state index is 0.0461. The maximum atomic E-state index is 13.5. The third-order valence-electron chi connectivity index (χ3n) is 7.80. The van der Waals surface area contributed by atoms with Gasteiger partial charge < -0.3 is 14.8 Å². The molecule has 4 aliphatic rings. The summed E-state index contributed by atoms with van der Waals surface area (Å²) in [4.78, 5) is 25.3. The Morgan fingerprint density at radius 2 is 1.89 bits per heavy atom. The molecular formula is C26H31F2N3O4S. The molecule has 194 valence electrons. The van der Waals surface area contributed by atoms with Gasteiger partial charge in [0.1, 0.15) is 5.03 Å². The number of halogens is 2. The fourth-order valence-corrected chi connectivity index (χ4v) is 7.59. The largest absolute Gasteiger partial charge is 0.465 e. The highest BCUT2D eigenvalue weighted by Crippen LogP contribution is 2.57. The highest BCUT2D eigenvalue weighted by atomic mass is 32.2. The first-order valence-electron chi connectivity index (χ1n) is 12.5. The number of esters is 1. The van der Waals surface area contributed by atoms with Crippen molar-refractivity contribution < 1.29 is 27.8 Å². The van der Waals surface area contributed by atoms with Gasteiger partial charge in [0.25, 0.3) is 5.91 Å². The highest BCUT2D eigenvalue weighted by Gasteiger charge is 2.57. The minimum atomic E-state index is -2.76. The van der Waals surface area contributed by atoms with Gasteiger partial charge >= 0.3 is 12.6 Å². The SMILES string of the molecule is CCCSc1c(C(=O)NC2[C@@H]3CC4C[C@H]2CC(OC(F)F)(C4)C3)cnn1-c1ccc(C(=O)OC)cc1. The van der Waals surface area contributed by atoms with Crippen molar-refractivity contribution in [1.82, 2.24) is 15.1 Å². The van der Waals surface area contributed by atoms with E-state index < -0.39 is 18.2 Å². The number of nitrogens with zero attached hydrogens (tertiary/aromatic N) is 2. The molecule has 1 aromatic heterocycles. The lowest BCUT2D eigenvalue weighted by molar-refractivity contribution is -0.260. The molecule has 0 radical (unpaired) electrons. The summed E-state index contributed by atoms with van der Waals surface area (Å²) in [6, 6.07) is 6.84. The fraction of sp³-hybridized carbons (Fsp3) is 0.577. The summed E-state index contributed by atoms with van der Waals surface area (Å²) in [6.45, 7) is -0.690. The second-order valence-electron chi connectivity index (χ2n) is 10.2. The first-order chi connectivity index (χ1) is 17.3. The van der Waals surface area contributed by atoms with Crippen LogP contribution in [-0.4, -0.2) is 52.8 Å². The average molecular weight is 520 g/mol. The van der Waals surface area contributed by atoms with Crippen molar-refractivity contribution in [2.24, 2.45) is 17.8 Å². The Hall–Kier alpha value is -2.46. The lowest BCUT2D eigenvalue weighted by Crippen LogP contribution is -2.62. The van der Waals surface area contributed by atoms with Gasteiger partial charge in [-0.05, 0) is 86.3 Å². The number of thioether (sulfide) groups is 1. The molecule has 1 aromatic carbocycles. The van der Waals surface area contributed by atoms with Crippen molar-refractivity contribution in [3.8, 4) is 5.69 Å². The van der Waals surface area contributed by atoms with Gasteiger partial charge in [-0.2, -0.15) is 13.9 Å². The molecule has 5 atom stereocenters. The number of aromatic nitrogens is 2. The maximum absolute atomic E-state index is 13.5. The van der Waals surface area contributed by atoms with Crippen molar-refractivity contribution in [2.75, 3.05) is 12.9 Å². The Balaban J connectivity index is 1.36. The third-order valence-corrected chi connectivity index (χ3v) is 9.08. The lowest BCUT2D eigenvalue weighted by Gasteiger charge is -2.59. The summed E-state index contributed by atoms with van der Waals surface area (Å²) >= 11 is 1.56. The molecule has 4 saturated carbocycles. The van der Waals surface area contributed by atoms with Crippen LogP contribution in [0.3, 0.4) is 0 Å². The molecule has 1 heterocycles. The van der Waals surface area contributed by atoms with Gasteiger partial charge in [0.15, 0.2) is 0 Å². The smallest absolute Gasteiger partial charge is 0.345 e. The standard InChI is InChI=1S/C26H31F2N3O4S/c1-3-8-36-23-20(14-29-31(23)19-6-4-16(5-7-19)24(33)34-2)22(32)30-21-17-9-15-10-18(21)13-26(11-15,12-17)35-25(27)28/h4-7,14-15,17-18,21,25H,3,8-13H2,1-2H3,(H,30,32)/t15?,17-,18+,21?,26?. The summed E-state index contributed by atoms with van der Waals surface area (Å²) in [6.07, 6.45) is 6.23. The topological polar surface area (TPSA) is 82.5 Å². The van der Waals surface area contributed by atoms with Crippen molar-refractivity contribution >= 4 is 23.6 Å². The van der Waals surface area contributed by atoms with Crippen molar-refractivity contribution in [2.45, 2.75) is 68.7 Å². The number of ether oxygens (including phenoxy) is 2. The predicted octanol–water partition coefficient (Wildman–Crippen LogP) is 5.08. The molecular weight excluding hydrogens is 488 g/mol. The first kappa shape index (κ1) is 25.2. The number of amides is 1. The van der Waals surface area contributed by atoms with E-state index in [0.717, 1.165) is 35.7 Å². The molecule has 1 N–H and O–H groups in total. The summed E-state index contributed by atoms with van der Waals surface area (Å²) in [7, 11) is 1.34. The van der Waals surface area contributed by atoms with Crippen LogP contribution >= 0.6 is 11.8 Å². The van der Waals surface area contributed by atoms with Crippen LogP contribution in [0.15, 0.2) is 35.5 Å². The summed E-state index contributed by atoms with van der Waals surface area (Å²) in [5.41, 5.74) is 0.929. The summed E-state index contributed by atoms with van der Waals surface area (Å²) < 4.78 is 37.9. The number of alkyl halides is 2. The molecule has 1 amide bonds. The molecule has 4 fully saturated rings. The van der Waals surface area contributed by atoms with E-state index in [-0.39, 0.29) is 23.8 Å². The third kappa shape index (κ3) is 4.77. The van der Waals surface area contributed by atoms with Gasteiger partial charge in [-0.25, -0.2) is 9.48 Å². The average Bonchev–Trinajstić information content (AvgIpc) is 3.27. The predicted molar refractivity (Wildman–Crippen MR) is 131 cm³/mol. The summed E-state index contributed by atoms with van der Waals surface area (Å²) in [5, 5.41) is 8.49. The van der Waals surface area contributed by atoms with E-state index in [0.29, 0.717) is 36.3 Å². The number of nitrogens with one attached hydrogen (secondary N) is 1. The van der Waals surface area contributed by atoms with Crippen molar-refractivity contribution in [3.63, 3.8) is 0 Å². The van der Waals surface area contributed by atoms with E-state index in [2.05, 4.69) is 17.3 Å². The van der Waals surface area contributed by atoms with Gasteiger partial charge in [0.2, 0.25) is 0 Å². The number of methoxy groups -OCH3 is 1. The molecule has 4 aliphatic carbocycles. The van der Waals surface area contributed by atoms with Crippen molar-refractivity contribution in [3.05, 3.63) is 41.6 Å². The maximum Gasteiger partial charge on any atom is 0.345 e. The monoisotopic (exact) mass is 519 g/mol. The Morgan fingerprint density at radius 1 is 1.19 bits per heavy atom. The van der Waals surface area contributed by atoms with Gasteiger partial charge in [-0.15, -0.1) is 11.8 Å². The van der Waals surface area contributed by atoms with E-state index >= 15 is 0 Å². The van der Waals surface area contributed by atoms with Crippen LogP contribution in [0.2, 0.25) is 0 Å². The lowest BCUT2D eigenvalue weighted by atomic mass is 9.52. The van der Waals surface area contributed by atoms with E-state index in [1.807, 2.05) is 0 Å². The number of hydrogen-bond donors (Lipinski definition) is 1. The molecule has 0 spiro atoms. The minimum Gasteiger partial charge on any atom is -0.465 e. The Morgan fingerprint density at radius 3 is 2.50 bits per heavy atom. The molecule has 3 unspecified atom stereocenters. The quantitative estimate of drug-likeness (QED) is 0.368. The number of hydrogen-bond acceptors (Lipinski definition) is 6. The second-order valence-corrected chi connectivity index (χ2v) is 11.3. The van der Waals surface area contributed by atoms with Crippen LogP contribution < -0.4 is 5.32 Å². The van der Waals surface area contributed by atoms with Gasteiger partial charge in [0, 0.05) is 6.04 Å². The second kappa shape index (κ2) is 10.1. The zero-order chi connectivity index (χ0) is 25.4. The zero-order valence-electron chi connectivity index (χ0n) is 20.4. The van der Waals surface area contributed by atoms with Crippen LogP contribution in [0.5, 0.6) is 0 Å². The van der Waals surface area contributed by atoms with E-state index in [1.165, 1.54) is 7.11 Å². The van der Waals surface area contributed by atoms with Crippen LogP contribution in [0.1, 0.15) is 66.2 Å². The van der Waals surface area contributed by atoms with Crippen LogP contribution in [0.25, 0.3) is 5.69 Å². The zero-order valence-corrected chi connectivity index (χ0v) is 21.2. The van der Waals surface area contributed by atoms with Crippen molar-refractivity contribution in [1.29, 1.82) is 0 Å². The molecule has 10 heteroatoms. The van der Waals surface area contributed by atoms with Crippen LogP contribution in [0, 0.1) is 17.8 Å². The molecule has 0 aliphatic heterocycles. The van der Waals surface area contributed by atoms with Gasteiger partial charge in [-0.3, -0.25) is 4.79 Å². The Bertz CT molecular complexity index is 1100. The first-order valence-corrected chi connectivity index (χ1v) is 13.5. The van der Waals surface area contributed by atoms with Gasteiger partial charge in [-0.1, -0.05) is 6.92 Å². The molecule has 2 aromatic rings. The fourth-order valence-electron chi connectivity index (χ4n) is 6.62. The van der Waals surface area contributed by atoms with Gasteiger partial charge in [0.05, 0.1) is 35.7 Å². The molecule has 0 saturated heterocycles. The van der Waals surface area contributed by atoms with E-state index in [1.54, 1.807) is 46.9 Å². The number of rotatable bonds is 9. The molecule has 36 heavy (non-hydrogen) atoms. The summed E-state index contributed by atoms with van der Waals surface area (Å²) in [5.74, 6) is 0.890. The Labute approximate surface area is 213 Å². The van der Waals surface area contributed by atoms with Crippen LogP contribution in [0.4, 0.5) is 8.78 Å². The van der Waals surface area contributed by atoms with E-state index in [9.17, 15) is 18.4 Å². The number of carbonyl (C=O) groups is 2. The molecule has 4 bridgehead atoms. The Kier molecular flexibility index (Phi) is 7.09.